The molecule has 1 aromatic carbocycles. The molecule has 4 nitrogen and oxygen atoms in total. The first-order valence-electron chi connectivity index (χ1n) is 9.16. The molecule has 4 rings (SSSR count). The smallest absolute Gasteiger partial charge is 0.192 e. The fourth-order valence-corrected chi connectivity index (χ4v) is 5.58. The lowest BCUT2D eigenvalue weighted by molar-refractivity contribution is 0.555. The molecule has 0 radical (unpaired) electrons. The van der Waals surface area contributed by atoms with E-state index in [1.807, 2.05) is 0 Å². The predicted molar refractivity (Wildman–Crippen MR) is 120 cm³/mol. The van der Waals surface area contributed by atoms with Crippen LogP contribution >= 0.6 is 34.4 Å². The van der Waals surface area contributed by atoms with Crippen molar-refractivity contribution in [3.63, 3.8) is 0 Å². The zero-order valence-electron chi connectivity index (χ0n) is 16.3. The average molecular weight is 427 g/mol. The van der Waals surface area contributed by atoms with E-state index in [-0.39, 0.29) is 0 Å². The van der Waals surface area contributed by atoms with Crippen molar-refractivity contribution in [3.8, 4) is 22.0 Å². The van der Waals surface area contributed by atoms with Gasteiger partial charge in [-0.25, -0.2) is 4.98 Å². The number of rotatable bonds is 6. The highest BCUT2D eigenvalue weighted by atomic mass is 32.2. The maximum atomic E-state index is 4.82. The summed E-state index contributed by atoms with van der Waals surface area (Å²) >= 11 is 5.14. The first-order valence-corrected chi connectivity index (χ1v) is 11.9. The Balaban J connectivity index is 1.53. The van der Waals surface area contributed by atoms with E-state index in [9.17, 15) is 0 Å². The van der Waals surface area contributed by atoms with Crippen LogP contribution in [0, 0.1) is 13.8 Å². The lowest BCUT2D eigenvalue weighted by Crippen LogP contribution is -2.04. The van der Waals surface area contributed by atoms with Gasteiger partial charge in [0.1, 0.15) is 5.01 Å². The van der Waals surface area contributed by atoms with Crippen LogP contribution in [0.1, 0.15) is 36.0 Å². The topological polar surface area (TPSA) is 43.6 Å². The Kier molecular flexibility index (Phi) is 5.66. The second-order valence-corrected chi connectivity index (χ2v) is 9.93. The molecule has 0 fully saturated rings. The van der Waals surface area contributed by atoms with Crippen LogP contribution in [0.2, 0.25) is 0 Å². The Morgan fingerprint density at radius 3 is 2.61 bits per heavy atom. The van der Waals surface area contributed by atoms with E-state index in [2.05, 4.69) is 83.6 Å². The normalized spacial score (nSPS) is 11.5. The zero-order chi connectivity index (χ0) is 19.7. The van der Waals surface area contributed by atoms with Crippen LogP contribution < -0.4 is 0 Å². The van der Waals surface area contributed by atoms with Gasteiger partial charge in [0.25, 0.3) is 0 Å². The Labute approximate surface area is 177 Å². The summed E-state index contributed by atoms with van der Waals surface area (Å²) in [5.74, 6) is 1.73. The minimum absolute atomic E-state index is 0.297. The first kappa shape index (κ1) is 19.4. The lowest BCUT2D eigenvalue weighted by atomic mass is 10.1. The van der Waals surface area contributed by atoms with Crippen molar-refractivity contribution in [1.29, 1.82) is 0 Å². The summed E-state index contributed by atoms with van der Waals surface area (Å²) in [5, 5.41) is 15.3. The molecule has 3 aromatic heterocycles. The molecule has 0 atom stereocenters. The van der Waals surface area contributed by atoms with Gasteiger partial charge in [0.15, 0.2) is 11.0 Å². The molecule has 0 aliphatic carbocycles. The Hall–Kier alpha value is -1.96. The molecule has 0 unspecified atom stereocenters. The maximum Gasteiger partial charge on any atom is 0.192 e. The molecule has 3 heterocycles. The third-order valence-electron chi connectivity index (χ3n) is 4.34. The van der Waals surface area contributed by atoms with Gasteiger partial charge < -0.3 is 0 Å². The third kappa shape index (κ3) is 4.06. The summed E-state index contributed by atoms with van der Waals surface area (Å²) in [7, 11) is 0. The lowest BCUT2D eigenvalue weighted by Gasteiger charge is -2.12. The highest BCUT2D eigenvalue weighted by Crippen LogP contribution is 2.32. The van der Waals surface area contributed by atoms with E-state index in [4.69, 9.17) is 4.98 Å². The predicted octanol–water partition coefficient (Wildman–Crippen LogP) is 6.62. The number of nitrogens with zero attached hydrogens (tertiary/aromatic N) is 4. The number of thiazole rings is 1. The van der Waals surface area contributed by atoms with Crippen LogP contribution in [0.5, 0.6) is 0 Å². The van der Waals surface area contributed by atoms with E-state index >= 15 is 0 Å². The van der Waals surface area contributed by atoms with Crippen molar-refractivity contribution in [3.05, 3.63) is 57.2 Å². The molecule has 7 heteroatoms. The van der Waals surface area contributed by atoms with Gasteiger partial charge in [-0.15, -0.1) is 32.9 Å². The van der Waals surface area contributed by atoms with E-state index in [0.29, 0.717) is 6.04 Å². The number of benzene rings is 1. The van der Waals surface area contributed by atoms with Gasteiger partial charge in [0, 0.05) is 38.6 Å². The Bertz CT molecular complexity index is 1090. The quantitative estimate of drug-likeness (QED) is 0.325. The Morgan fingerprint density at radius 2 is 1.89 bits per heavy atom. The van der Waals surface area contributed by atoms with Crippen molar-refractivity contribution in [2.45, 2.75) is 44.6 Å². The standard InChI is InChI=1S/C21H22N4S3/c1-13(2)25-19(17-9-15(4)26-10-17)23-24-21(25)28-12-18-11-27-20(22-18)16-7-5-6-14(3)8-16/h5-11,13H,12H2,1-4H3. The van der Waals surface area contributed by atoms with E-state index < -0.39 is 0 Å². The maximum absolute atomic E-state index is 4.82. The summed E-state index contributed by atoms with van der Waals surface area (Å²) in [4.78, 5) is 6.11. The van der Waals surface area contributed by atoms with Gasteiger partial charge in [-0.05, 0) is 39.8 Å². The summed E-state index contributed by atoms with van der Waals surface area (Å²) in [5.41, 5.74) is 4.66. The minimum Gasteiger partial charge on any atom is -0.299 e. The SMILES string of the molecule is Cc1cccc(-c2nc(CSc3nnc(-c4csc(C)c4)n3C(C)C)cs2)c1. The molecule has 0 saturated heterocycles. The van der Waals surface area contributed by atoms with Crippen LogP contribution in [0.4, 0.5) is 0 Å². The van der Waals surface area contributed by atoms with Crippen LogP contribution in [-0.2, 0) is 5.75 Å². The molecule has 0 aliphatic heterocycles. The highest BCUT2D eigenvalue weighted by Gasteiger charge is 2.18. The molecular formula is C21H22N4S3. The molecule has 4 aromatic rings. The zero-order valence-corrected chi connectivity index (χ0v) is 18.8. The van der Waals surface area contributed by atoms with Gasteiger partial charge in [-0.1, -0.05) is 35.5 Å². The molecule has 28 heavy (non-hydrogen) atoms. The number of hydrogen-bond acceptors (Lipinski definition) is 6. The summed E-state index contributed by atoms with van der Waals surface area (Å²) in [6.45, 7) is 8.58. The minimum atomic E-state index is 0.297. The van der Waals surface area contributed by atoms with Gasteiger partial charge in [0.2, 0.25) is 0 Å². The van der Waals surface area contributed by atoms with Gasteiger partial charge in [0.05, 0.1) is 5.69 Å². The van der Waals surface area contributed by atoms with Crippen LogP contribution in [0.15, 0.2) is 46.2 Å². The van der Waals surface area contributed by atoms with E-state index in [0.717, 1.165) is 33.0 Å². The van der Waals surface area contributed by atoms with Gasteiger partial charge >= 0.3 is 0 Å². The third-order valence-corrected chi connectivity index (χ3v) is 7.11. The number of thiophene rings is 1. The first-order chi connectivity index (χ1) is 13.5. The average Bonchev–Trinajstić information content (AvgIpc) is 3.39. The number of thioether (sulfide) groups is 1. The highest BCUT2D eigenvalue weighted by molar-refractivity contribution is 7.98. The second kappa shape index (κ2) is 8.19. The molecule has 0 N–H and O–H groups in total. The number of hydrogen-bond donors (Lipinski definition) is 0. The summed E-state index contributed by atoms with van der Waals surface area (Å²) < 4.78 is 2.22. The molecule has 0 saturated carbocycles. The van der Waals surface area contributed by atoms with Crippen LogP contribution in [0.3, 0.4) is 0 Å². The molecule has 0 amide bonds. The fourth-order valence-electron chi connectivity index (χ4n) is 3.02. The van der Waals surface area contributed by atoms with E-state index in [1.165, 1.54) is 16.0 Å². The van der Waals surface area contributed by atoms with Crippen LogP contribution in [0.25, 0.3) is 22.0 Å². The second-order valence-electron chi connectivity index (χ2n) is 7.02. The molecule has 0 aliphatic rings. The van der Waals surface area contributed by atoms with Crippen molar-refractivity contribution in [2.75, 3.05) is 0 Å². The van der Waals surface area contributed by atoms with Gasteiger partial charge in [-0.2, -0.15) is 0 Å². The molecule has 0 bridgehead atoms. The monoisotopic (exact) mass is 426 g/mol. The van der Waals surface area contributed by atoms with Crippen molar-refractivity contribution >= 4 is 34.4 Å². The summed E-state index contributed by atoms with van der Waals surface area (Å²) in [6.07, 6.45) is 0. The van der Waals surface area contributed by atoms with Crippen molar-refractivity contribution in [2.24, 2.45) is 0 Å². The Morgan fingerprint density at radius 1 is 1.04 bits per heavy atom. The van der Waals surface area contributed by atoms with Crippen molar-refractivity contribution < 1.29 is 0 Å². The number of aryl methyl sites for hydroxylation is 2. The van der Waals surface area contributed by atoms with Gasteiger partial charge in [-0.3, -0.25) is 4.57 Å². The van der Waals surface area contributed by atoms with Crippen molar-refractivity contribution in [1.82, 2.24) is 19.7 Å². The number of aromatic nitrogens is 4. The molecular weight excluding hydrogens is 404 g/mol. The fraction of sp³-hybridized carbons (Fsp3) is 0.286. The summed E-state index contributed by atoms with van der Waals surface area (Å²) in [6, 6.07) is 11.0. The van der Waals surface area contributed by atoms with Crippen LogP contribution in [-0.4, -0.2) is 19.7 Å². The molecule has 0 spiro atoms. The molecule has 144 valence electrons. The largest absolute Gasteiger partial charge is 0.299 e. The van der Waals surface area contributed by atoms with E-state index in [1.54, 1.807) is 34.4 Å².